The lowest BCUT2D eigenvalue weighted by molar-refractivity contribution is 0.788. The van der Waals surface area contributed by atoms with Crippen LogP contribution in [0.3, 0.4) is 0 Å². The minimum atomic E-state index is 0. The van der Waals surface area contributed by atoms with Gasteiger partial charge >= 0.3 is 0 Å². The number of benzene rings is 1. The highest BCUT2D eigenvalue weighted by Gasteiger charge is 2.05. The largest absolute Gasteiger partial charge is 0.352 e. The molecular formula is C17H25IN4S2. The summed E-state index contributed by atoms with van der Waals surface area (Å²) in [6, 6.07) is 6.54. The molecule has 24 heavy (non-hydrogen) atoms. The van der Waals surface area contributed by atoms with Crippen molar-refractivity contribution in [2.45, 2.75) is 38.3 Å². The first kappa shape index (κ1) is 21.2. The van der Waals surface area contributed by atoms with E-state index < -0.39 is 0 Å². The van der Waals surface area contributed by atoms with Crippen LogP contribution < -0.4 is 10.6 Å². The fourth-order valence-corrected chi connectivity index (χ4v) is 3.62. The number of hydrogen-bond donors (Lipinski definition) is 2. The van der Waals surface area contributed by atoms with Gasteiger partial charge in [0.15, 0.2) is 5.96 Å². The Hall–Kier alpha value is -0.800. The normalized spacial score (nSPS) is 11.1. The molecule has 1 heterocycles. The van der Waals surface area contributed by atoms with E-state index in [1.54, 1.807) is 30.1 Å². The molecule has 1 aromatic heterocycles. The molecule has 4 nitrogen and oxygen atoms in total. The van der Waals surface area contributed by atoms with E-state index in [9.17, 15) is 0 Å². The van der Waals surface area contributed by atoms with Crippen LogP contribution in [-0.4, -0.2) is 24.2 Å². The predicted molar refractivity (Wildman–Crippen MR) is 117 cm³/mol. The average molecular weight is 476 g/mol. The highest BCUT2D eigenvalue weighted by molar-refractivity contribution is 14.0. The van der Waals surface area contributed by atoms with Gasteiger partial charge in [0.25, 0.3) is 0 Å². The number of halogens is 1. The Balaban J connectivity index is 0.00000288. The Bertz CT molecular complexity index is 670. The van der Waals surface area contributed by atoms with Crippen LogP contribution in [0.1, 0.15) is 28.8 Å². The number of hydrogen-bond acceptors (Lipinski definition) is 4. The van der Waals surface area contributed by atoms with Crippen molar-refractivity contribution in [2.24, 2.45) is 4.99 Å². The van der Waals surface area contributed by atoms with Crippen LogP contribution in [0.25, 0.3) is 0 Å². The molecule has 0 amide bonds. The van der Waals surface area contributed by atoms with E-state index >= 15 is 0 Å². The Kier molecular flexibility index (Phi) is 9.68. The molecule has 0 radical (unpaired) electrons. The van der Waals surface area contributed by atoms with Crippen LogP contribution in [0.15, 0.2) is 33.5 Å². The van der Waals surface area contributed by atoms with Crippen LogP contribution in [-0.2, 0) is 19.5 Å². The average Bonchev–Trinajstić information content (AvgIpc) is 3.04. The third-order valence-corrected chi connectivity index (χ3v) is 5.31. The number of guanidine groups is 1. The van der Waals surface area contributed by atoms with Gasteiger partial charge in [-0.3, -0.25) is 4.99 Å². The number of nitrogens with zero attached hydrogens (tertiary/aromatic N) is 2. The van der Waals surface area contributed by atoms with Crippen molar-refractivity contribution >= 4 is 53.0 Å². The molecule has 0 aliphatic heterocycles. The van der Waals surface area contributed by atoms with Crippen LogP contribution in [0.2, 0.25) is 0 Å². The van der Waals surface area contributed by atoms with Gasteiger partial charge in [0.05, 0.1) is 17.2 Å². The van der Waals surface area contributed by atoms with Gasteiger partial charge in [0.2, 0.25) is 0 Å². The molecule has 0 aliphatic rings. The Morgan fingerprint density at radius 3 is 2.67 bits per heavy atom. The molecule has 2 rings (SSSR count). The molecule has 1 aromatic carbocycles. The van der Waals surface area contributed by atoms with Crippen LogP contribution in [0.5, 0.6) is 0 Å². The molecule has 2 N–H and O–H groups in total. The van der Waals surface area contributed by atoms with Crippen LogP contribution >= 0.6 is 47.1 Å². The number of rotatable bonds is 6. The van der Waals surface area contributed by atoms with E-state index in [0.29, 0.717) is 6.54 Å². The standard InChI is InChI=1S/C17H24N4S2.HI/c1-5-16-21-14(11-23-16)10-20-17(18-3)19-9-13-7-6-12(2)8-15(13)22-4;/h6-8,11H,5,9-10H2,1-4H3,(H2,18,19,20);1H. The summed E-state index contributed by atoms with van der Waals surface area (Å²) in [5.41, 5.74) is 3.64. The van der Waals surface area contributed by atoms with Crippen LogP contribution in [0, 0.1) is 6.92 Å². The molecule has 0 fully saturated rings. The van der Waals surface area contributed by atoms with Gasteiger partial charge in [-0.25, -0.2) is 4.98 Å². The van der Waals surface area contributed by atoms with E-state index in [2.05, 4.69) is 64.3 Å². The third-order valence-electron chi connectivity index (χ3n) is 3.45. The van der Waals surface area contributed by atoms with Crippen molar-refractivity contribution in [3.63, 3.8) is 0 Å². The van der Waals surface area contributed by atoms with Crippen molar-refractivity contribution in [2.75, 3.05) is 13.3 Å². The molecule has 0 spiro atoms. The molecule has 0 saturated carbocycles. The summed E-state index contributed by atoms with van der Waals surface area (Å²) in [5.74, 6) is 0.795. The summed E-state index contributed by atoms with van der Waals surface area (Å²) in [7, 11) is 1.79. The number of aryl methyl sites for hydroxylation is 2. The molecule has 0 bridgehead atoms. The van der Waals surface area contributed by atoms with Gasteiger partial charge in [-0.2, -0.15) is 0 Å². The zero-order valence-electron chi connectivity index (χ0n) is 14.5. The SMILES string of the molecule is CCc1nc(CNC(=NC)NCc2ccc(C)cc2SC)cs1.I. The first-order valence-corrected chi connectivity index (χ1v) is 9.78. The number of thioether (sulfide) groups is 1. The van der Waals surface area contributed by atoms with E-state index in [1.165, 1.54) is 21.0 Å². The zero-order valence-corrected chi connectivity index (χ0v) is 18.5. The Labute approximate surface area is 170 Å². The topological polar surface area (TPSA) is 49.3 Å². The van der Waals surface area contributed by atoms with Gasteiger partial charge in [0.1, 0.15) is 0 Å². The van der Waals surface area contributed by atoms with Crippen molar-refractivity contribution in [1.82, 2.24) is 15.6 Å². The molecule has 0 saturated heterocycles. The molecular weight excluding hydrogens is 451 g/mol. The number of aromatic nitrogens is 1. The summed E-state index contributed by atoms with van der Waals surface area (Å²) in [5, 5.41) is 9.97. The lowest BCUT2D eigenvalue weighted by Gasteiger charge is -2.13. The van der Waals surface area contributed by atoms with Gasteiger partial charge in [-0.05, 0) is 36.8 Å². The van der Waals surface area contributed by atoms with Gasteiger partial charge in [0, 0.05) is 23.9 Å². The molecule has 132 valence electrons. The number of thiazole rings is 1. The highest BCUT2D eigenvalue weighted by atomic mass is 127. The van der Waals surface area contributed by atoms with Crippen molar-refractivity contribution < 1.29 is 0 Å². The first-order chi connectivity index (χ1) is 11.2. The second-order valence-corrected chi connectivity index (χ2v) is 6.97. The third kappa shape index (κ3) is 6.25. The lowest BCUT2D eigenvalue weighted by atomic mass is 10.1. The molecule has 0 aliphatic carbocycles. The molecule has 2 aromatic rings. The minimum absolute atomic E-state index is 0. The van der Waals surface area contributed by atoms with Gasteiger partial charge in [-0.1, -0.05) is 19.1 Å². The monoisotopic (exact) mass is 476 g/mol. The maximum atomic E-state index is 4.56. The van der Waals surface area contributed by atoms with Gasteiger partial charge in [-0.15, -0.1) is 47.1 Å². The lowest BCUT2D eigenvalue weighted by Crippen LogP contribution is -2.36. The van der Waals surface area contributed by atoms with E-state index in [4.69, 9.17) is 0 Å². The van der Waals surface area contributed by atoms with Gasteiger partial charge < -0.3 is 10.6 Å². The van der Waals surface area contributed by atoms with Crippen LogP contribution in [0.4, 0.5) is 0 Å². The fourth-order valence-electron chi connectivity index (χ4n) is 2.16. The summed E-state index contributed by atoms with van der Waals surface area (Å²) in [6.45, 7) is 5.70. The second-order valence-electron chi connectivity index (χ2n) is 5.18. The van der Waals surface area contributed by atoms with E-state index in [1.807, 2.05) is 0 Å². The Morgan fingerprint density at radius 2 is 2.04 bits per heavy atom. The minimum Gasteiger partial charge on any atom is -0.352 e. The van der Waals surface area contributed by atoms with Crippen molar-refractivity contribution in [1.29, 1.82) is 0 Å². The van der Waals surface area contributed by atoms with Crippen molar-refractivity contribution in [3.05, 3.63) is 45.4 Å². The number of nitrogens with one attached hydrogen (secondary N) is 2. The summed E-state index contributed by atoms with van der Waals surface area (Å²) >= 11 is 3.49. The Morgan fingerprint density at radius 1 is 1.29 bits per heavy atom. The van der Waals surface area contributed by atoms with E-state index in [-0.39, 0.29) is 24.0 Å². The summed E-state index contributed by atoms with van der Waals surface area (Å²) in [4.78, 5) is 10.1. The predicted octanol–water partition coefficient (Wildman–Crippen LogP) is 4.22. The molecule has 7 heteroatoms. The molecule has 0 atom stereocenters. The summed E-state index contributed by atoms with van der Waals surface area (Å²) in [6.07, 6.45) is 3.10. The zero-order chi connectivity index (χ0) is 16.7. The quantitative estimate of drug-likeness (QED) is 0.284. The highest BCUT2D eigenvalue weighted by Crippen LogP contribution is 2.21. The molecule has 0 unspecified atom stereocenters. The maximum Gasteiger partial charge on any atom is 0.191 e. The number of aliphatic imine (C=N–C) groups is 1. The summed E-state index contributed by atoms with van der Waals surface area (Å²) < 4.78 is 0. The van der Waals surface area contributed by atoms with Crippen molar-refractivity contribution in [3.8, 4) is 0 Å². The smallest absolute Gasteiger partial charge is 0.191 e. The van der Waals surface area contributed by atoms with E-state index in [0.717, 1.165) is 24.6 Å². The second kappa shape index (κ2) is 10.9. The maximum absolute atomic E-state index is 4.56. The fraction of sp³-hybridized carbons (Fsp3) is 0.412. The first-order valence-electron chi connectivity index (χ1n) is 7.67.